The van der Waals surface area contributed by atoms with Crippen LogP contribution in [0.25, 0.3) is 0 Å². The van der Waals surface area contributed by atoms with Gasteiger partial charge in [0.05, 0.1) is 5.56 Å². The molecule has 0 aliphatic heterocycles. The minimum Gasteiger partial charge on any atom is -0.384 e. The third-order valence-electron chi connectivity index (χ3n) is 2.51. The molecular weight excluding hydrogens is 367 g/mol. The molecule has 3 N–H and O–H groups in total. The Labute approximate surface area is 131 Å². The molecule has 0 fully saturated rings. The first-order valence-corrected chi connectivity index (χ1v) is 7.23. The number of hydrogen-bond acceptors (Lipinski definition) is 3. The first-order chi connectivity index (χ1) is 9.77. The molecule has 0 aliphatic rings. The lowest BCUT2D eigenvalue weighted by Crippen LogP contribution is -2.12. The fraction of sp³-hybridized carbons (Fsp3) is 0.0769. The summed E-state index contributed by atoms with van der Waals surface area (Å²) in [5, 5.41) is 7.90. The van der Waals surface area contributed by atoms with Crippen LogP contribution in [0.3, 0.4) is 0 Å². The van der Waals surface area contributed by atoms with Crippen molar-refractivity contribution in [2.75, 3.05) is 0 Å². The minimum atomic E-state index is -4.41. The van der Waals surface area contributed by atoms with Crippen LogP contribution in [-0.4, -0.2) is 10.8 Å². The molecule has 0 radical (unpaired) electrons. The molecule has 110 valence electrons. The quantitative estimate of drug-likeness (QED) is 0.620. The monoisotopic (exact) mass is 375 g/mol. The molecule has 0 spiro atoms. The summed E-state index contributed by atoms with van der Waals surface area (Å²) in [6.45, 7) is 0. The Kier molecular flexibility index (Phi) is 4.58. The van der Waals surface area contributed by atoms with Gasteiger partial charge in [0.2, 0.25) is 0 Å². The zero-order valence-electron chi connectivity index (χ0n) is 10.4. The molecule has 3 nitrogen and oxygen atoms in total. The van der Waals surface area contributed by atoms with Gasteiger partial charge in [0, 0.05) is 21.1 Å². The molecular formula is C13H9BrF3N3S. The van der Waals surface area contributed by atoms with E-state index >= 15 is 0 Å². The average Bonchev–Trinajstić information content (AvgIpc) is 2.38. The number of aromatic nitrogens is 1. The van der Waals surface area contributed by atoms with Crippen LogP contribution in [0.2, 0.25) is 0 Å². The second-order valence-corrected chi connectivity index (χ2v) is 6.02. The number of nitrogens with zero attached hydrogens (tertiary/aromatic N) is 1. The van der Waals surface area contributed by atoms with E-state index in [1.54, 1.807) is 18.2 Å². The van der Waals surface area contributed by atoms with Crippen molar-refractivity contribution in [2.45, 2.75) is 16.1 Å². The Hall–Kier alpha value is -1.54. The zero-order chi connectivity index (χ0) is 15.6. The maximum absolute atomic E-state index is 12.5. The predicted octanol–water partition coefficient (Wildman–Crippen LogP) is 4.30. The molecule has 1 aromatic heterocycles. The highest BCUT2D eigenvalue weighted by Crippen LogP contribution is 2.33. The normalized spacial score (nSPS) is 11.4. The number of nitrogens with two attached hydrogens (primary N) is 1. The second kappa shape index (κ2) is 6.07. The predicted molar refractivity (Wildman–Crippen MR) is 78.5 cm³/mol. The van der Waals surface area contributed by atoms with Gasteiger partial charge in [0.25, 0.3) is 0 Å². The van der Waals surface area contributed by atoms with Gasteiger partial charge < -0.3 is 5.73 Å². The SMILES string of the molecule is N=C(N)c1ccc(Br)cc1Sc1ccc(C(F)(F)F)cn1. The molecule has 0 atom stereocenters. The zero-order valence-corrected chi connectivity index (χ0v) is 12.8. The van der Waals surface area contributed by atoms with Crippen LogP contribution in [0.1, 0.15) is 11.1 Å². The number of halogens is 4. The fourth-order valence-electron chi connectivity index (χ4n) is 1.52. The van der Waals surface area contributed by atoms with Gasteiger partial charge >= 0.3 is 6.18 Å². The van der Waals surface area contributed by atoms with E-state index in [1.807, 2.05) is 0 Å². The summed E-state index contributed by atoms with van der Waals surface area (Å²) in [5.41, 5.74) is 5.19. The third kappa shape index (κ3) is 3.98. The molecule has 0 saturated heterocycles. The van der Waals surface area contributed by atoms with Gasteiger partial charge in [-0.15, -0.1) is 0 Å². The van der Waals surface area contributed by atoms with Crippen molar-refractivity contribution >= 4 is 33.5 Å². The lowest BCUT2D eigenvalue weighted by Gasteiger charge is -2.09. The fourth-order valence-corrected chi connectivity index (χ4v) is 2.98. The third-order valence-corrected chi connectivity index (χ3v) is 4.01. The van der Waals surface area contributed by atoms with Crippen LogP contribution in [-0.2, 0) is 6.18 Å². The van der Waals surface area contributed by atoms with E-state index in [4.69, 9.17) is 11.1 Å². The molecule has 8 heteroatoms. The lowest BCUT2D eigenvalue weighted by molar-refractivity contribution is -0.137. The number of amidine groups is 1. The van der Waals surface area contributed by atoms with E-state index in [0.717, 1.165) is 28.5 Å². The topological polar surface area (TPSA) is 62.8 Å². The van der Waals surface area contributed by atoms with Crippen LogP contribution < -0.4 is 5.73 Å². The van der Waals surface area contributed by atoms with Crippen LogP contribution in [0.15, 0.2) is 50.9 Å². The Balaban J connectivity index is 2.30. The number of hydrogen-bond donors (Lipinski definition) is 2. The molecule has 21 heavy (non-hydrogen) atoms. The standard InChI is InChI=1S/C13H9BrF3N3S/c14-8-2-3-9(12(18)19)10(5-8)21-11-4-1-7(6-20-11)13(15,16)17/h1-6H,(H3,18,19). The van der Waals surface area contributed by atoms with Gasteiger partial charge in [0.15, 0.2) is 0 Å². The van der Waals surface area contributed by atoms with Crippen molar-refractivity contribution in [1.82, 2.24) is 4.98 Å². The van der Waals surface area contributed by atoms with Crippen molar-refractivity contribution in [3.05, 3.63) is 52.1 Å². The van der Waals surface area contributed by atoms with Crippen molar-refractivity contribution in [1.29, 1.82) is 5.41 Å². The van der Waals surface area contributed by atoms with E-state index in [0.29, 0.717) is 15.5 Å². The number of rotatable bonds is 3. The van der Waals surface area contributed by atoms with E-state index in [9.17, 15) is 13.2 Å². The van der Waals surface area contributed by atoms with Gasteiger partial charge in [-0.05, 0) is 30.3 Å². The number of nitrogens with one attached hydrogen (secondary N) is 1. The van der Waals surface area contributed by atoms with Gasteiger partial charge in [-0.1, -0.05) is 27.7 Å². The first kappa shape index (κ1) is 15.8. The van der Waals surface area contributed by atoms with E-state index in [1.165, 1.54) is 6.07 Å². The molecule has 1 heterocycles. The summed E-state index contributed by atoms with van der Waals surface area (Å²) in [4.78, 5) is 4.43. The number of nitrogen functional groups attached to an aromatic ring is 1. The van der Waals surface area contributed by atoms with E-state index < -0.39 is 11.7 Å². The molecule has 0 unspecified atom stereocenters. The maximum Gasteiger partial charge on any atom is 0.417 e. The maximum atomic E-state index is 12.5. The average molecular weight is 376 g/mol. The van der Waals surface area contributed by atoms with Crippen molar-refractivity contribution in [2.24, 2.45) is 5.73 Å². The Morgan fingerprint density at radius 2 is 1.95 bits per heavy atom. The lowest BCUT2D eigenvalue weighted by atomic mass is 10.2. The number of benzene rings is 1. The Bertz CT molecular complexity index is 671. The van der Waals surface area contributed by atoms with Crippen LogP contribution in [0.4, 0.5) is 13.2 Å². The molecule has 0 amide bonds. The molecule has 0 bridgehead atoms. The van der Waals surface area contributed by atoms with Gasteiger partial charge in [-0.3, -0.25) is 5.41 Å². The summed E-state index contributed by atoms with van der Waals surface area (Å²) < 4.78 is 38.2. The van der Waals surface area contributed by atoms with Crippen molar-refractivity contribution in [3.63, 3.8) is 0 Å². The minimum absolute atomic E-state index is 0.114. The molecule has 1 aromatic carbocycles. The van der Waals surface area contributed by atoms with Crippen molar-refractivity contribution < 1.29 is 13.2 Å². The second-order valence-electron chi connectivity index (χ2n) is 4.04. The highest BCUT2D eigenvalue weighted by molar-refractivity contribution is 9.10. The summed E-state index contributed by atoms with van der Waals surface area (Å²) in [6, 6.07) is 7.40. The highest BCUT2D eigenvalue weighted by atomic mass is 79.9. The van der Waals surface area contributed by atoms with E-state index in [2.05, 4.69) is 20.9 Å². The van der Waals surface area contributed by atoms with E-state index in [-0.39, 0.29) is 5.84 Å². The van der Waals surface area contributed by atoms with Crippen LogP contribution in [0, 0.1) is 5.41 Å². The Morgan fingerprint density at radius 3 is 2.48 bits per heavy atom. The summed E-state index contributed by atoms with van der Waals surface area (Å²) in [7, 11) is 0. The molecule has 2 aromatic rings. The van der Waals surface area contributed by atoms with Gasteiger partial charge in [0.1, 0.15) is 10.9 Å². The first-order valence-electron chi connectivity index (χ1n) is 5.62. The number of pyridine rings is 1. The molecule has 0 aliphatic carbocycles. The number of alkyl halides is 3. The Morgan fingerprint density at radius 1 is 1.24 bits per heavy atom. The smallest absolute Gasteiger partial charge is 0.384 e. The summed E-state index contributed by atoms with van der Waals surface area (Å²) in [5.74, 6) is -0.114. The van der Waals surface area contributed by atoms with Gasteiger partial charge in [-0.2, -0.15) is 13.2 Å². The molecule has 0 saturated carbocycles. The largest absolute Gasteiger partial charge is 0.417 e. The van der Waals surface area contributed by atoms with Crippen molar-refractivity contribution in [3.8, 4) is 0 Å². The summed E-state index contributed by atoms with van der Waals surface area (Å²) >= 11 is 4.45. The van der Waals surface area contributed by atoms with Crippen LogP contribution in [0.5, 0.6) is 0 Å². The van der Waals surface area contributed by atoms with Gasteiger partial charge in [-0.25, -0.2) is 4.98 Å². The summed E-state index contributed by atoms with van der Waals surface area (Å²) in [6.07, 6.45) is -3.62. The highest BCUT2D eigenvalue weighted by Gasteiger charge is 2.30. The molecule has 2 rings (SSSR count). The van der Waals surface area contributed by atoms with Crippen LogP contribution >= 0.6 is 27.7 Å².